The molecule has 2 saturated carbocycles. The number of para-hydroxylation sites is 1. The molecule has 29 heteroatoms. The van der Waals surface area contributed by atoms with Crippen molar-refractivity contribution in [2.24, 2.45) is 16.2 Å². The van der Waals surface area contributed by atoms with E-state index >= 15 is 0 Å². The van der Waals surface area contributed by atoms with Gasteiger partial charge in [0.05, 0.1) is 75.9 Å². The molecule has 0 saturated heterocycles. The van der Waals surface area contributed by atoms with Gasteiger partial charge < -0.3 is 64.6 Å². The van der Waals surface area contributed by atoms with Crippen LogP contribution in [0.15, 0.2) is 97.2 Å². The first kappa shape index (κ1) is 78.1. The first-order valence-electron chi connectivity index (χ1n) is 35.8. The number of hydrogen-bond acceptors (Lipinski definition) is 20. The van der Waals surface area contributed by atoms with Gasteiger partial charge in [-0.3, -0.25) is 48.5 Å². The number of nitrogens with one attached hydrogen (secondary N) is 5. The van der Waals surface area contributed by atoms with E-state index in [0.717, 1.165) is 70.5 Å². The lowest BCUT2D eigenvalue weighted by Crippen LogP contribution is -2.50. The van der Waals surface area contributed by atoms with E-state index in [9.17, 15) is 48.3 Å². The number of imide groups is 1. The average molecular weight is 1470 g/mol. The number of ether oxygens (including phenoxy) is 6. The third-order valence-corrected chi connectivity index (χ3v) is 20.7. The summed E-state index contributed by atoms with van der Waals surface area (Å²) in [7, 11) is 1.66. The van der Waals surface area contributed by atoms with Crippen LogP contribution in [-0.4, -0.2) is 199 Å². The minimum atomic E-state index is -1.15. The Morgan fingerprint density at radius 2 is 1.38 bits per heavy atom. The third kappa shape index (κ3) is 21.6. The van der Waals surface area contributed by atoms with Gasteiger partial charge in [-0.15, -0.1) is 0 Å². The number of pyridine rings is 1. The van der Waals surface area contributed by atoms with E-state index < -0.39 is 53.7 Å². The molecule has 3 aromatic carbocycles. The first-order valence-corrected chi connectivity index (χ1v) is 36.6. The number of carboxylic acid groups (broad SMARTS) is 1. The van der Waals surface area contributed by atoms with Gasteiger partial charge in [0.15, 0.2) is 10.8 Å². The Kier molecular flexibility index (Phi) is 27.1. The lowest BCUT2D eigenvalue weighted by Gasteiger charge is -2.57. The second-order valence-corrected chi connectivity index (χ2v) is 29.3. The van der Waals surface area contributed by atoms with Gasteiger partial charge in [0.2, 0.25) is 23.6 Å². The molecule has 4 aliphatic rings. The van der Waals surface area contributed by atoms with Crippen molar-refractivity contribution in [2.45, 2.75) is 131 Å². The molecule has 105 heavy (non-hydrogen) atoms. The van der Waals surface area contributed by atoms with E-state index in [1.165, 1.54) is 48.7 Å². The second kappa shape index (κ2) is 36.5. The second-order valence-electron chi connectivity index (χ2n) is 28.2. The number of carbonyl (C=O) groups is 9. The standard InChI is InChI=1S/C76H96N12O16S/c1-50(79-64(90)25-33-99-37-39-102-41-42-103-40-38-101-35-29-77-63(89)24-31-87-65(91)21-22-66(87)92)68(93)80-51(2)69(94)81-55-17-15-53(16-18-55)45-104-73(98)85(6)32-36-100-34-28-76(47-74(4)26-10-27-75(5,46-74)48-76)49-88-52(3)58(43-78-88)56-19-20-62(83-67(56)71(96)97)86-30-23-54-11-9-12-57(59(54)44-86)70(95)84-72-82-60-13-7-8-14-61(60)105-72/h7-9,11-22,43,50-51H,10,23-42,44-49H2,1-6H3,(H,77,89)(H,79,90)(H,80,93)(H,81,94)(H,96,97)(H,82,84,95)/t50-,51-,74?,75?,76?/m0/s1. The summed E-state index contributed by atoms with van der Waals surface area (Å²) in [6.07, 6.45) is 11.6. The van der Waals surface area contributed by atoms with Gasteiger partial charge in [-0.05, 0) is 141 Å². The Bertz CT molecular complexity index is 4060. The van der Waals surface area contributed by atoms with Crippen molar-refractivity contribution in [3.8, 4) is 11.1 Å². The Hall–Kier alpha value is -9.52. The van der Waals surface area contributed by atoms with E-state index in [4.69, 9.17) is 38.5 Å². The fourth-order valence-corrected chi connectivity index (χ4v) is 15.6. The Balaban J connectivity index is 0.602. The highest BCUT2D eigenvalue weighted by Gasteiger charge is 2.53. The zero-order valence-corrected chi connectivity index (χ0v) is 61.4. The predicted octanol–water partition coefficient (Wildman–Crippen LogP) is 8.25. The molecule has 6 N–H and O–H groups in total. The summed E-state index contributed by atoms with van der Waals surface area (Å²) in [5.41, 5.74) is 6.44. The summed E-state index contributed by atoms with van der Waals surface area (Å²) in [5, 5.41) is 29.9. The summed E-state index contributed by atoms with van der Waals surface area (Å²) in [6.45, 7) is 14.9. The minimum Gasteiger partial charge on any atom is -0.476 e. The van der Waals surface area contributed by atoms with Crippen LogP contribution in [0.5, 0.6) is 0 Å². The van der Waals surface area contributed by atoms with Gasteiger partial charge in [0.25, 0.3) is 17.7 Å². The molecular weight excluding hydrogens is 1370 g/mol. The Morgan fingerprint density at radius 3 is 2.09 bits per heavy atom. The monoisotopic (exact) mass is 1460 g/mol. The van der Waals surface area contributed by atoms with E-state index in [0.29, 0.717) is 105 Å². The molecule has 5 heterocycles. The number of benzene rings is 3. The van der Waals surface area contributed by atoms with E-state index in [1.54, 1.807) is 37.5 Å². The number of nitrogens with zero attached hydrogens (tertiary/aromatic N) is 7. The van der Waals surface area contributed by atoms with Crippen molar-refractivity contribution in [2.75, 3.05) is 115 Å². The van der Waals surface area contributed by atoms with Crippen LogP contribution in [0.3, 0.4) is 0 Å². The van der Waals surface area contributed by atoms with Gasteiger partial charge in [-0.25, -0.2) is 19.6 Å². The molecule has 6 aromatic rings. The van der Waals surface area contributed by atoms with Crippen LogP contribution in [0.25, 0.3) is 21.3 Å². The molecule has 562 valence electrons. The Labute approximate surface area is 614 Å². The maximum Gasteiger partial charge on any atom is 0.409 e. The Morgan fingerprint density at radius 1 is 0.705 bits per heavy atom. The third-order valence-electron chi connectivity index (χ3n) is 19.7. The van der Waals surface area contributed by atoms with Gasteiger partial charge in [0.1, 0.15) is 24.5 Å². The largest absolute Gasteiger partial charge is 0.476 e. The number of amides is 8. The maximum atomic E-state index is 13.8. The number of aromatic carboxylic acids is 1. The number of rotatable bonds is 38. The molecule has 2 unspecified atom stereocenters. The maximum absolute atomic E-state index is 13.8. The fraction of sp³-hybridized carbons (Fsp3) is 0.500. The SMILES string of the molecule is Cc1c(-c2ccc(N3CCc4cccc(C(=O)Nc5nc6ccccc6s5)c4C3)nc2C(=O)O)cnn1CC1(CCOCCN(C)C(=O)OCc2ccc(NC(=O)[C@H](C)NC(=O)[C@H](C)NC(=O)CCOCCOCCOCCOCCNC(=O)CCN3C(=O)C=CC3=O)cc2)CC2(C)CCCC(C)(C2)C1. The molecule has 2 fully saturated rings. The van der Waals surface area contributed by atoms with Crippen LogP contribution in [-0.2, 0) is 83.3 Å². The van der Waals surface area contributed by atoms with E-state index in [1.807, 2.05) is 71.1 Å². The van der Waals surface area contributed by atoms with Crippen molar-refractivity contribution in [1.82, 2.24) is 45.5 Å². The van der Waals surface area contributed by atoms with E-state index in [-0.39, 0.29) is 99.3 Å². The lowest BCUT2D eigenvalue weighted by atomic mass is 9.48. The average Bonchev–Trinajstić information content (AvgIpc) is 1.58. The zero-order valence-electron chi connectivity index (χ0n) is 60.6. The number of likely N-dealkylation sites (N-methyl/N-ethyl adjacent to an activating group) is 1. The summed E-state index contributed by atoms with van der Waals surface area (Å²) in [5.74, 6) is -3.51. The molecule has 8 amide bonds. The smallest absolute Gasteiger partial charge is 0.409 e. The van der Waals surface area contributed by atoms with Crippen LogP contribution in [0.1, 0.15) is 129 Å². The number of anilines is 3. The fourth-order valence-electron chi connectivity index (χ4n) is 14.8. The van der Waals surface area contributed by atoms with Gasteiger partial charge in [-0.1, -0.05) is 68.0 Å². The number of carbonyl (C=O) groups excluding carboxylic acids is 8. The molecule has 10 rings (SSSR count). The molecule has 28 nitrogen and oxygen atoms in total. The molecule has 2 bridgehead atoms. The number of thiazole rings is 1. The van der Waals surface area contributed by atoms with Crippen molar-refractivity contribution in [1.29, 1.82) is 0 Å². The molecule has 2 aliphatic carbocycles. The van der Waals surface area contributed by atoms with Crippen molar-refractivity contribution in [3.05, 3.63) is 131 Å². The molecule has 2 aliphatic heterocycles. The summed E-state index contributed by atoms with van der Waals surface area (Å²) < 4.78 is 36.8. The van der Waals surface area contributed by atoms with Crippen LogP contribution < -0.4 is 31.5 Å². The molecule has 4 atom stereocenters. The van der Waals surface area contributed by atoms with E-state index in [2.05, 4.69) is 45.4 Å². The minimum absolute atomic E-state index is 0.00125. The van der Waals surface area contributed by atoms with Crippen LogP contribution >= 0.6 is 11.3 Å². The highest BCUT2D eigenvalue weighted by Crippen LogP contribution is 2.62. The number of fused-ring (bicyclic) bond motifs is 4. The summed E-state index contributed by atoms with van der Waals surface area (Å²) in [6, 6.07) is 22.1. The normalized spacial score (nSPS) is 18.8. The summed E-state index contributed by atoms with van der Waals surface area (Å²) in [4.78, 5) is 128. The predicted molar refractivity (Wildman–Crippen MR) is 392 cm³/mol. The molecule has 3 aromatic heterocycles. The quantitative estimate of drug-likeness (QED) is 0.0157. The van der Waals surface area contributed by atoms with Crippen molar-refractivity contribution in [3.63, 3.8) is 0 Å². The number of aromatic nitrogens is 4. The number of hydrogen-bond donors (Lipinski definition) is 6. The topological polar surface area (TPSA) is 343 Å². The van der Waals surface area contributed by atoms with Crippen LogP contribution in [0.2, 0.25) is 0 Å². The van der Waals surface area contributed by atoms with Gasteiger partial charge in [0, 0.05) is 106 Å². The number of carboxylic acids is 1. The molecular formula is C76H96N12O16S. The first-order chi connectivity index (χ1) is 50.4. The highest BCUT2D eigenvalue weighted by atomic mass is 32.1. The van der Waals surface area contributed by atoms with Gasteiger partial charge in [-0.2, -0.15) is 5.10 Å². The van der Waals surface area contributed by atoms with Crippen LogP contribution in [0.4, 0.5) is 21.4 Å². The zero-order chi connectivity index (χ0) is 74.7. The van der Waals surface area contributed by atoms with Crippen LogP contribution in [0, 0.1) is 23.2 Å². The van der Waals surface area contributed by atoms with Crippen molar-refractivity contribution >= 4 is 91.6 Å². The highest BCUT2D eigenvalue weighted by molar-refractivity contribution is 7.22. The lowest BCUT2D eigenvalue weighted by molar-refractivity contribution is -0.137. The van der Waals surface area contributed by atoms with Gasteiger partial charge >= 0.3 is 12.1 Å². The van der Waals surface area contributed by atoms with Crippen molar-refractivity contribution < 1.29 is 76.7 Å². The molecule has 0 radical (unpaired) electrons. The summed E-state index contributed by atoms with van der Waals surface area (Å²) >= 11 is 1.42. The molecule has 0 spiro atoms.